The molecule has 8 saturated carbocycles. The minimum atomic E-state index is -2.78. The average Bonchev–Trinajstić information content (AvgIpc) is 3.17. The number of ether oxygens (including phenoxy) is 2. The van der Waals surface area contributed by atoms with Crippen molar-refractivity contribution in [3.63, 3.8) is 0 Å². The molecule has 360 valence electrons. The topological polar surface area (TPSA) is 371 Å². The molecule has 8 bridgehead atoms. The van der Waals surface area contributed by atoms with Crippen molar-refractivity contribution in [2.45, 2.75) is 187 Å². The lowest BCUT2D eigenvalue weighted by Crippen LogP contribution is -2.75. The van der Waals surface area contributed by atoms with E-state index >= 15 is 0 Å². The molecule has 0 radical (unpaired) electrons. The van der Waals surface area contributed by atoms with Crippen LogP contribution in [0, 0.1) is 35.5 Å². The van der Waals surface area contributed by atoms with E-state index in [0.717, 1.165) is 63.2 Å². The first kappa shape index (κ1) is 49.8. The van der Waals surface area contributed by atoms with Crippen LogP contribution in [-0.4, -0.2) is 177 Å². The smallest absolute Gasteiger partial charge is 0.364 e. The van der Waals surface area contributed by atoms with Crippen LogP contribution in [0.15, 0.2) is 0 Å². The number of aliphatic carboxylic acids is 2. The Balaban J connectivity index is 0.000000176. The van der Waals surface area contributed by atoms with Crippen molar-refractivity contribution in [2.24, 2.45) is 41.2 Å². The largest absolute Gasteiger partial charge is 0.478 e. The van der Waals surface area contributed by atoms with Crippen LogP contribution in [0.5, 0.6) is 0 Å². The molecule has 10 aliphatic rings. The van der Waals surface area contributed by atoms with Gasteiger partial charge in [0.2, 0.25) is 17.5 Å². The van der Waals surface area contributed by atoms with E-state index in [2.05, 4.69) is 16.0 Å². The molecule has 63 heavy (non-hydrogen) atoms. The monoisotopic (exact) mass is 902 g/mol. The van der Waals surface area contributed by atoms with Crippen LogP contribution in [-0.2, 0) is 28.7 Å². The average molecular weight is 903 g/mol. The number of rotatable bonds is 12. The first-order valence-electron chi connectivity index (χ1n) is 22.4. The Bertz CT molecular complexity index is 1590. The highest BCUT2D eigenvalue weighted by Crippen LogP contribution is 2.57. The molecule has 21 nitrogen and oxygen atoms in total. The summed E-state index contributed by atoms with van der Waals surface area (Å²) in [7, 11) is 0. The maximum absolute atomic E-state index is 12.5. The molecule has 21 heteroatoms. The lowest BCUT2D eigenvalue weighted by molar-refractivity contribution is -0.295. The van der Waals surface area contributed by atoms with E-state index in [0.29, 0.717) is 23.3 Å². The number of amides is 2. The van der Waals surface area contributed by atoms with Crippen LogP contribution in [0.2, 0.25) is 0 Å². The van der Waals surface area contributed by atoms with E-state index in [1.54, 1.807) is 0 Å². The van der Waals surface area contributed by atoms with Gasteiger partial charge in [0.15, 0.2) is 0 Å². The molecule has 10 fully saturated rings. The number of carbonyl (C=O) groups excluding carboxylic acids is 2. The zero-order valence-corrected chi connectivity index (χ0v) is 36.0. The number of aliphatic hydroxyl groups is 9. The molecule has 2 aliphatic heterocycles. The molecule has 12 atom stereocenters. The summed E-state index contributed by atoms with van der Waals surface area (Å²) in [4.78, 5) is 46.3. The van der Waals surface area contributed by atoms with Crippen molar-refractivity contribution in [3.05, 3.63) is 0 Å². The third kappa shape index (κ3) is 11.0. The molecule has 0 aromatic carbocycles. The summed E-state index contributed by atoms with van der Waals surface area (Å²) in [5.74, 6) is -2.30. The molecule has 2 heterocycles. The molecule has 0 aromatic rings. The summed E-state index contributed by atoms with van der Waals surface area (Å²) in [6.07, 6.45) is 0.660. The molecule has 12 unspecified atom stereocenters. The van der Waals surface area contributed by atoms with Gasteiger partial charge in [-0.25, -0.2) is 9.59 Å². The summed E-state index contributed by atoms with van der Waals surface area (Å²) in [5.41, 5.74) is 4.22. The molecular weight excluding hydrogens is 832 g/mol. The number of nitrogens with one attached hydrogen (secondary N) is 3. The molecule has 2 saturated heterocycles. The van der Waals surface area contributed by atoms with Crippen LogP contribution >= 0.6 is 0 Å². The molecule has 8 aliphatic carbocycles. The van der Waals surface area contributed by atoms with E-state index in [1.165, 1.54) is 45.4 Å². The molecule has 0 spiro atoms. The van der Waals surface area contributed by atoms with Gasteiger partial charge in [-0.15, -0.1) is 0 Å². The van der Waals surface area contributed by atoms with E-state index in [4.69, 9.17) is 25.4 Å². The Morgan fingerprint density at radius 2 is 0.968 bits per heavy atom. The fraction of sp³-hybridized carbons (Fsp3) is 0.905. The number of hydrogen-bond acceptors (Lipinski definition) is 17. The fourth-order valence-electron chi connectivity index (χ4n) is 13.3. The molecule has 16 N–H and O–H groups in total. The highest BCUT2D eigenvalue weighted by Gasteiger charge is 2.61. The number of nitrogens with two attached hydrogens (primary N) is 1. The minimum absolute atomic E-state index is 0.300. The normalized spacial score (nSPS) is 45.0. The lowest BCUT2D eigenvalue weighted by Gasteiger charge is -2.60. The van der Waals surface area contributed by atoms with Gasteiger partial charge in [0, 0.05) is 37.8 Å². The maximum atomic E-state index is 12.5. The van der Waals surface area contributed by atoms with Crippen LogP contribution < -0.4 is 21.7 Å². The minimum Gasteiger partial charge on any atom is -0.478 e. The summed E-state index contributed by atoms with van der Waals surface area (Å²) < 4.78 is 10.8. The van der Waals surface area contributed by atoms with Crippen molar-refractivity contribution in [1.29, 1.82) is 0 Å². The van der Waals surface area contributed by atoms with Crippen LogP contribution in [0.1, 0.15) is 104 Å². The predicted molar refractivity (Wildman–Crippen MR) is 216 cm³/mol. The lowest BCUT2D eigenvalue weighted by atomic mass is 9.52. The van der Waals surface area contributed by atoms with E-state index in [1.807, 2.05) is 0 Å². The Kier molecular flexibility index (Phi) is 15.2. The second-order valence-corrected chi connectivity index (χ2v) is 20.5. The van der Waals surface area contributed by atoms with Crippen molar-refractivity contribution in [3.8, 4) is 0 Å². The second-order valence-electron chi connectivity index (χ2n) is 20.5. The summed E-state index contributed by atoms with van der Waals surface area (Å²) in [6.45, 7) is 0.698. The second kappa shape index (κ2) is 19.3. The van der Waals surface area contributed by atoms with Gasteiger partial charge in [0.25, 0.3) is 5.79 Å². The number of carbonyl (C=O) groups is 4. The van der Waals surface area contributed by atoms with Gasteiger partial charge in [-0.3, -0.25) is 14.9 Å². The van der Waals surface area contributed by atoms with Crippen molar-refractivity contribution < 1.29 is 84.8 Å². The van der Waals surface area contributed by atoms with Gasteiger partial charge >= 0.3 is 11.9 Å². The van der Waals surface area contributed by atoms with Gasteiger partial charge in [-0.05, 0) is 113 Å². The Labute approximate surface area is 365 Å². The van der Waals surface area contributed by atoms with E-state index in [-0.39, 0.29) is 6.42 Å². The van der Waals surface area contributed by atoms with E-state index in [9.17, 15) is 65.1 Å². The SMILES string of the molecule is CC(=O)NC1C(O)CC(NC23CC4CC(CC(C4)C2)C3)(C(=O)O)OC1C(O)C(O)CO.CC(=O)NC1C(O)CC(O)(C(=O)O)OC1C(O)C(O)CO.NC12CC3CC(CC(C3)C1)C2. The quantitative estimate of drug-likeness (QED) is 0.0914. The zero-order chi connectivity index (χ0) is 46.4. The third-order valence-electron chi connectivity index (χ3n) is 15.0. The van der Waals surface area contributed by atoms with Gasteiger partial charge in [-0.1, -0.05) is 0 Å². The molecule has 0 aromatic heterocycles. The van der Waals surface area contributed by atoms with Gasteiger partial charge in [-0.2, -0.15) is 0 Å². The van der Waals surface area contributed by atoms with Gasteiger partial charge < -0.3 is 82.0 Å². The Hall–Kier alpha value is -2.64. The van der Waals surface area contributed by atoms with Crippen LogP contribution in [0.4, 0.5) is 0 Å². The van der Waals surface area contributed by atoms with Crippen LogP contribution in [0.3, 0.4) is 0 Å². The number of carboxylic acid groups (broad SMARTS) is 2. The van der Waals surface area contributed by atoms with Crippen molar-refractivity contribution in [1.82, 2.24) is 16.0 Å². The highest BCUT2D eigenvalue weighted by atomic mass is 16.7. The van der Waals surface area contributed by atoms with Crippen LogP contribution in [0.25, 0.3) is 0 Å². The summed E-state index contributed by atoms with van der Waals surface area (Å²) >= 11 is 0. The molecular formula is C42H70N4O17. The Morgan fingerprint density at radius 3 is 1.30 bits per heavy atom. The third-order valence-corrected chi connectivity index (χ3v) is 15.0. The van der Waals surface area contributed by atoms with Crippen molar-refractivity contribution in [2.75, 3.05) is 13.2 Å². The number of hydrogen-bond donors (Lipinski definition) is 15. The zero-order valence-electron chi connectivity index (χ0n) is 36.0. The standard InChI is InChI=1S/C21H34N2O8.C11H19NO9.C10H17N/c1-10(25)22-16-14(26)8-21(19(29)30,31-18(16)17(28)15(27)9-24)23-20-5-11-2-12(6-20)4-13(3-11)7-20;1-4(14)12-7-5(15)2-11(20,10(18)19)21-9(7)8(17)6(16)3-13;11-10-4-7-1-8(5-10)3-9(2-7)6-10/h11-18,23-24,26-28H,2-9H2,1H3,(H,22,25)(H,29,30);5-9,13,15-17,20H,2-3H2,1H3,(H,12,14)(H,18,19);7-9H,1-6,11H2. The molecule has 2 amide bonds. The maximum Gasteiger partial charge on any atom is 0.364 e. The highest BCUT2D eigenvalue weighted by molar-refractivity contribution is 5.78. The van der Waals surface area contributed by atoms with E-state index < -0.39 is 121 Å². The summed E-state index contributed by atoms with van der Waals surface area (Å²) in [6, 6.07) is -2.40. The summed E-state index contributed by atoms with van der Waals surface area (Å²) in [5, 5.41) is 116. The molecule has 10 rings (SSSR count). The van der Waals surface area contributed by atoms with Gasteiger partial charge in [0.1, 0.15) is 36.6 Å². The van der Waals surface area contributed by atoms with Gasteiger partial charge in [0.05, 0.1) is 37.5 Å². The first-order chi connectivity index (χ1) is 29.4. The fourth-order valence-corrected chi connectivity index (χ4v) is 13.3. The van der Waals surface area contributed by atoms with Crippen molar-refractivity contribution >= 4 is 23.8 Å². The predicted octanol–water partition coefficient (Wildman–Crippen LogP) is -3.26. The number of aliphatic hydroxyl groups excluding tert-OH is 8. The Morgan fingerprint density at radius 1 is 0.603 bits per heavy atom. The number of carboxylic acids is 2. The first-order valence-corrected chi connectivity index (χ1v) is 22.4.